The predicted molar refractivity (Wildman–Crippen MR) is 64.6 cm³/mol. The number of urea groups is 1. The van der Waals surface area contributed by atoms with Gasteiger partial charge in [0, 0.05) is 19.6 Å². The summed E-state index contributed by atoms with van der Waals surface area (Å²) in [6.07, 6.45) is 2.49. The minimum Gasteiger partial charge on any atom is -0.466 e. The third kappa shape index (κ3) is 5.06. The number of hydrogen-bond acceptors (Lipinski definition) is 3. The van der Waals surface area contributed by atoms with Gasteiger partial charge < -0.3 is 15.0 Å². The predicted octanol–water partition coefficient (Wildman–Crippen LogP) is 1.38. The number of nitrogens with zero attached hydrogens (tertiary/aromatic N) is 1. The van der Waals surface area contributed by atoms with Gasteiger partial charge in [0.1, 0.15) is 0 Å². The van der Waals surface area contributed by atoms with Gasteiger partial charge in [0.15, 0.2) is 0 Å². The lowest BCUT2D eigenvalue weighted by Gasteiger charge is -2.30. The second kappa shape index (κ2) is 7.14. The number of amides is 2. The average molecular weight is 242 g/mol. The summed E-state index contributed by atoms with van der Waals surface area (Å²) in [6, 6.07) is -0.0687. The first kappa shape index (κ1) is 13.8. The molecule has 0 bridgehead atoms. The zero-order valence-corrected chi connectivity index (χ0v) is 10.7. The van der Waals surface area contributed by atoms with Crippen molar-refractivity contribution >= 4 is 12.0 Å². The molecule has 0 aromatic carbocycles. The van der Waals surface area contributed by atoms with Gasteiger partial charge in [-0.1, -0.05) is 6.92 Å². The van der Waals surface area contributed by atoms with E-state index in [2.05, 4.69) is 12.2 Å². The smallest absolute Gasteiger partial charge is 0.317 e. The molecule has 0 aliphatic carbocycles. The lowest BCUT2D eigenvalue weighted by Crippen LogP contribution is -2.45. The molecular weight excluding hydrogens is 220 g/mol. The minimum absolute atomic E-state index is 0.0687. The fourth-order valence-corrected chi connectivity index (χ4v) is 1.99. The Morgan fingerprint density at radius 1 is 1.47 bits per heavy atom. The molecular formula is C12H22N2O3. The Hall–Kier alpha value is -1.26. The van der Waals surface area contributed by atoms with Crippen molar-refractivity contribution in [2.24, 2.45) is 5.92 Å². The maximum atomic E-state index is 11.7. The fraction of sp³-hybridized carbons (Fsp3) is 0.833. The molecule has 1 rings (SSSR count). The first-order valence-electron chi connectivity index (χ1n) is 6.32. The van der Waals surface area contributed by atoms with E-state index in [1.807, 2.05) is 4.90 Å². The highest BCUT2D eigenvalue weighted by Crippen LogP contribution is 2.15. The number of rotatable bonds is 4. The summed E-state index contributed by atoms with van der Waals surface area (Å²) in [6.45, 7) is 6.28. The van der Waals surface area contributed by atoms with Gasteiger partial charge in [-0.25, -0.2) is 4.79 Å². The first-order chi connectivity index (χ1) is 8.13. The van der Waals surface area contributed by atoms with E-state index in [-0.39, 0.29) is 18.4 Å². The lowest BCUT2D eigenvalue weighted by atomic mass is 10.0. The SMILES string of the molecule is CCOC(=O)CCNC(=O)N1CCCC(C)C1. The van der Waals surface area contributed by atoms with E-state index in [1.165, 1.54) is 6.42 Å². The Morgan fingerprint density at radius 3 is 2.88 bits per heavy atom. The van der Waals surface area contributed by atoms with Crippen LogP contribution in [0, 0.1) is 5.92 Å². The van der Waals surface area contributed by atoms with Crippen LogP contribution in [0.2, 0.25) is 0 Å². The summed E-state index contributed by atoms with van der Waals surface area (Å²) in [5.74, 6) is 0.305. The number of carbonyl (C=O) groups is 2. The standard InChI is InChI=1S/C12H22N2O3/c1-3-17-11(15)6-7-13-12(16)14-8-4-5-10(2)9-14/h10H,3-9H2,1-2H3,(H,13,16). The molecule has 1 heterocycles. The van der Waals surface area contributed by atoms with Crippen molar-refractivity contribution in [3.8, 4) is 0 Å². The maximum absolute atomic E-state index is 11.7. The van der Waals surface area contributed by atoms with Gasteiger partial charge in [-0.2, -0.15) is 0 Å². The van der Waals surface area contributed by atoms with Gasteiger partial charge in [-0.05, 0) is 25.7 Å². The van der Waals surface area contributed by atoms with Crippen LogP contribution >= 0.6 is 0 Å². The van der Waals surface area contributed by atoms with Crippen LogP contribution in [0.15, 0.2) is 0 Å². The average Bonchev–Trinajstić information content (AvgIpc) is 2.29. The van der Waals surface area contributed by atoms with Crippen LogP contribution in [0.4, 0.5) is 4.79 Å². The third-order valence-corrected chi connectivity index (χ3v) is 2.85. The number of carbonyl (C=O) groups excluding carboxylic acids is 2. The zero-order chi connectivity index (χ0) is 12.7. The molecule has 1 atom stereocenters. The molecule has 1 saturated heterocycles. The first-order valence-corrected chi connectivity index (χ1v) is 6.32. The van der Waals surface area contributed by atoms with E-state index in [4.69, 9.17) is 4.74 Å². The molecule has 1 unspecified atom stereocenters. The normalized spacial score (nSPS) is 19.9. The van der Waals surface area contributed by atoms with Gasteiger partial charge in [0.25, 0.3) is 0 Å². The topological polar surface area (TPSA) is 58.6 Å². The van der Waals surface area contributed by atoms with Gasteiger partial charge in [0.2, 0.25) is 0 Å². The van der Waals surface area contributed by atoms with Crippen LogP contribution in [-0.4, -0.2) is 43.1 Å². The van der Waals surface area contributed by atoms with Crippen molar-refractivity contribution in [1.82, 2.24) is 10.2 Å². The lowest BCUT2D eigenvalue weighted by molar-refractivity contribution is -0.142. The molecule has 2 amide bonds. The van der Waals surface area contributed by atoms with Crippen LogP contribution in [0.25, 0.3) is 0 Å². The van der Waals surface area contributed by atoms with E-state index in [9.17, 15) is 9.59 Å². The Kier molecular flexibility index (Phi) is 5.80. The quantitative estimate of drug-likeness (QED) is 0.758. The van der Waals surface area contributed by atoms with Crippen molar-refractivity contribution < 1.29 is 14.3 Å². The second-order valence-electron chi connectivity index (χ2n) is 4.48. The van der Waals surface area contributed by atoms with Crippen LogP contribution < -0.4 is 5.32 Å². The summed E-state index contributed by atoms with van der Waals surface area (Å²) in [4.78, 5) is 24.6. The summed E-state index contributed by atoms with van der Waals surface area (Å²) in [5, 5.41) is 2.75. The van der Waals surface area contributed by atoms with Gasteiger partial charge in [0.05, 0.1) is 13.0 Å². The van der Waals surface area contributed by atoms with Crippen molar-refractivity contribution in [1.29, 1.82) is 0 Å². The number of nitrogens with one attached hydrogen (secondary N) is 1. The Morgan fingerprint density at radius 2 is 2.24 bits per heavy atom. The van der Waals surface area contributed by atoms with Crippen LogP contribution in [0.1, 0.15) is 33.1 Å². The van der Waals surface area contributed by atoms with E-state index < -0.39 is 0 Å². The van der Waals surface area contributed by atoms with Crippen molar-refractivity contribution in [2.75, 3.05) is 26.2 Å². The molecule has 5 heteroatoms. The molecule has 0 spiro atoms. The zero-order valence-electron chi connectivity index (χ0n) is 10.7. The third-order valence-electron chi connectivity index (χ3n) is 2.85. The molecule has 1 fully saturated rings. The molecule has 98 valence electrons. The molecule has 1 aliphatic rings. The molecule has 1 N–H and O–H groups in total. The van der Waals surface area contributed by atoms with E-state index >= 15 is 0 Å². The molecule has 1 aliphatic heterocycles. The van der Waals surface area contributed by atoms with E-state index in [0.717, 1.165) is 19.5 Å². The van der Waals surface area contributed by atoms with Crippen LogP contribution in [-0.2, 0) is 9.53 Å². The Balaban J connectivity index is 2.18. The van der Waals surface area contributed by atoms with Gasteiger partial charge in [-0.15, -0.1) is 0 Å². The van der Waals surface area contributed by atoms with Gasteiger partial charge in [-0.3, -0.25) is 4.79 Å². The highest BCUT2D eigenvalue weighted by Gasteiger charge is 2.20. The molecule has 0 aromatic rings. The van der Waals surface area contributed by atoms with Crippen molar-refractivity contribution in [3.63, 3.8) is 0 Å². The minimum atomic E-state index is -0.264. The summed E-state index contributed by atoms with van der Waals surface area (Å²) in [7, 11) is 0. The highest BCUT2D eigenvalue weighted by atomic mass is 16.5. The molecule has 0 aromatic heterocycles. The maximum Gasteiger partial charge on any atom is 0.317 e. The van der Waals surface area contributed by atoms with Crippen molar-refractivity contribution in [3.05, 3.63) is 0 Å². The van der Waals surface area contributed by atoms with Gasteiger partial charge >= 0.3 is 12.0 Å². The second-order valence-corrected chi connectivity index (χ2v) is 4.48. The summed E-state index contributed by atoms with van der Waals surface area (Å²) >= 11 is 0. The fourth-order valence-electron chi connectivity index (χ4n) is 1.99. The number of piperidine rings is 1. The number of hydrogen-bond donors (Lipinski definition) is 1. The van der Waals surface area contributed by atoms with Crippen LogP contribution in [0.3, 0.4) is 0 Å². The number of esters is 1. The van der Waals surface area contributed by atoms with E-state index in [1.54, 1.807) is 6.92 Å². The Bertz CT molecular complexity index is 268. The number of ether oxygens (including phenoxy) is 1. The van der Waals surface area contributed by atoms with E-state index in [0.29, 0.717) is 19.1 Å². The van der Waals surface area contributed by atoms with Crippen molar-refractivity contribution in [2.45, 2.75) is 33.1 Å². The Labute approximate surface area is 102 Å². The number of likely N-dealkylation sites (tertiary alicyclic amines) is 1. The molecule has 17 heavy (non-hydrogen) atoms. The monoisotopic (exact) mass is 242 g/mol. The highest BCUT2D eigenvalue weighted by molar-refractivity contribution is 5.75. The molecule has 0 saturated carbocycles. The summed E-state index contributed by atoms with van der Waals surface area (Å²) in [5.41, 5.74) is 0. The van der Waals surface area contributed by atoms with Crippen LogP contribution in [0.5, 0.6) is 0 Å². The molecule has 0 radical (unpaired) electrons. The summed E-state index contributed by atoms with van der Waals surface area (Å²) < 4.78 is 4.78. The largest absolute Gasteiger partial charge is 0.466 e. The molecule has 5 nitrogen and oxygen atoms in total.